The number of carbonyl (C=O) groups is 2. The highest BCUT2D eigenvalue weighted by Gasteiger charge is 2.21. The van der Waals surface area contributed by atoms with E-state index in [-0.39, 0.29) is 17.8 Å². The number of hydrogen-bond donors (Lipinski definition) is 0. The van der Waals surface area contributed by atoms with E-state index >= 15 is 0 Å². The summed E-state index contributed by atoms with van der Waals surface area (Å²) in [5.41, 5.74) is 0.757. The zero-order valence-electron chi connectivity index (χ0n) is 12.3. The van der Waals surface area contributed by atoms with Crippen LogP contribution in [-0.4, -0.2) is 25.5 Å². The molecular weight excluding hydrogens is 299 g/mol. The summed E-state index contributed by atoms with van der Waals surface area (Å²) >= 11 is 0. The minimum Gasteiger partial charge on any atom is -0.468 e. The number of nitriles is 1. The third-order valence-electron chi connectivity index (χ3n) is 3.12. The largest absolute Gasteiger partial charge is 0.468 e. The first kappa shape index (κ1) is 16.2. The summed E-state index contributed by atoms with van der Waals surface area (Å²) in [5.74, 6) is -1.70. The van der Waals surface area contributed by atoms with Crippen molar-refractivity contribution >= 4 is 17.6 Å². The molecule has 1 amide bonds. The number of carbonyl (C=O) groups excluding carboxylic acids is 2. The quantitative estimate of drug-likeness (QED) is 0.813. The summed E-state index contributed by atoms with van der Waals surface area (Å²) in [6.45, 7) is -0.366. The maximum absolute atomic E-state index is 13.4. The van der Waals surface area contributed by atoms with Crippen LogP contribution in [0, 0.1) is 17.1 Å². The Morgan fingerprint density at radius 3 is 2.61 bits per heavy atom. The molecule has 0 aliphatic rings. The molecule has 0 aliphatic carbocycles. The van der Waals surface area contributed by atoms with Crippen LogP contribution in [0.4, 0.5) is 10.1 Å². The number of nitrogens with zero attached hydrogens (tertiary/aromatic N) is 2. The minimum atomic E-state index is -0.640. The molecule has 0 saturated carbocycles. The zero-order chi connectivity index (χ0) is 16.8. The van der Waals surface area contributed by atoms with E-state index in [1.807, 2.05) is 6.07 Å². The number of amides is 1. The van der Waals surface area contributed by atoms with Crippen LogP contribution in [-0.2, 0) is 9.53 Å². The number of halogens is 1. The Kier molecular flexibility index (Phi) is 5.05. The molecule has 0 N–H and O–H groups in total. The van der Waals surface area contributed by atoms with Gasteiger partial charge in [0, 0.05) is 11.3 Å². The van der Waals surface area contributed by atoms with Crippen molar-refractivity contribution < 1.29 is 18.7 Å². The maximum atomic E-state index is 13.4. The third kappa shape index (κ3) is 3.92. The van der Waals surface area contributed by atoms with Gasteiger partial charge in [-0.15, -0.1) is 0 Å². The maximum Gasteiger partial charge on any atom is 0.325 e. The number of anilines is 1. The lowest BCUT2D eigenvalue weighted by Crippen LogP contribution is -2.36. The number of benzene rings is 2. The van der Waals surface area contributed by atoms with Crippen molar-refractivity contribution in [2.45, 2.75) is 0 Å². The van der Waals surface area contributed by atoms with Crippen LogP contribution in [0.15, 0.2) is 48.5 Å². The van der Waals surface area contributed by atoms with Crippen molar-refractivity contribution in [1.82, 2.24) is 0 Å². The number of ether oxygens (including phenoxy) is 1. The SMILES string of the molecule is COC(=O)CN(C(=O)c1cccc(C#N)c1)c1cccc(F)c1. The molecular formula is C17H13FN2O3. The van der Waals surface area contributed by atoms with E-state index in [1.165, 1.54) is 37.4 Å². The van der Waals surface area contributed by atoms with Gasteiger partial charge in [0.05, 0.1) is 18.7 Å². The third-order valence-corrected chi connectivity index (χ3v) is 3.12. The van der Waals surface area contributed by atoms with E-state index in [2.05, 4.69) is 4.74 Å². The fraction of sp³-hybridized carbons (Fsp3) is 0.118. The van der Waals surface area contributed by atoms with E-state index in [0.29, 0.717) is 5.56 Å². The first-order chi connectivity index (χ1) is 11.0. The smallest absolute Gasteiger partial charge is 0.325 e. The lowest BCUT2D eigenvalue weighted by molar-refractivity contribution is -0.138. The first-order valence-corrected chi connectivity index (χ1v) is 6.69. The van der Waals surface area contributed by atoms with Crippen LogP contribution in [0.5, 0.6) is 0 Å². The molecule has 0 fully saturated rings. The molecule has 0 unspecified atom stereocenters. The Bertz CT molecular complexity index is 783. The van der Waals surface area contributed by atoms with Crippen molar-refractivity contribution in [3.05, 3.63) is 65.5 Å². The molecule has 0 atom stereocenters. The molecule has 0 radical (unpaired) electrons. The first-order valence-electron chi connectivity index (χ1n) is 6.69. The van der Waals surface area contributed by atoms with Gasteiger partial charge in [-0.2, -0.15) is 5.26 Å². The molecule has 2 aromatic carbocycles. The van der Waals surface area contributed by atoms with Crippen LogP contribution in [0.1, 0.15) is 15.9 Å². The second-order valence-corrected chi connectivity index (χ2v) is 4.64. The molecule has 0 spiro atoms. The van der Waals surface area contributed by atoms with E-state index in [1.54, 1.807) is 12.1 Å². The summed E-state index contributed by atoms with van der Waals surface area (Å²) in [5, 5.41) is 8.92. The fourth-order valence-electron chi connectivity index (χ4n) is 2.00. The molecule has 0 aliphatic heterocycles. The lowest BCUT2D eigenvalue weighted by atomic mass is 10.1. The molecule has 2 aromatic rings. The monoisotopic (exact) mass is 312 g/mol. The van der Waals surface area contributed by atoms with Crippen LogP contribution in [0.2, 0.25) is 0 Å². The Morgan fingerprint density at radius 2 is 1.96 bits per heavy atom. The van der Waals surface area contributed by atoms with Gasteiger partial charge < -0.3 is 4.74 Å². The summed E-state index contributed by atoms with van der Waals surface area (Å²) in [7, 11) is 1.20. The summed E-state index contributed by atoms with van der Waals surface area (Å²) in [6, 6.07) is 13.3. The van der Waals surface area contributed by atoms with Gasteiger partial charge >= 0.3 is 5.97 Å². The van der Waals surface area contributed by atoms with Crippen molar-refractivity contribution in [1.29, 1.82) is 5.26 Å². The molecule has 0 heterocycles. The van der Waals surface area contributed by atoms with E-state index < -0.39 is 17.7 Å². The average Bonchev–Trinajstić information content (AvgIpc) is 2.58. The Hall–Kier alpha value is -3.20. The Labute approximate surface area is 132 Å². The molecule has 6 heteroatoms. The predicted octanol–water partition coefficient (Wildman–Crippen LogP) is 2.52. The van der Waals surface area contributed by atoms with Gasteiger partial charge in [-0.1, -0.05) is 12.1 Å². The van der Waals surface area contributed by atoms with Gasteiger partial charge in [-0.25, -0.2) is 4.39 Å². The van der Waals surface area contributed by atoms with Crippen LogP contribution >= 0.6 is 0 Å². The van der Waals surface area contributed by atoms with Crippen LogP contribution in [0.3, 0.4) is 0 Å². The molecule has 0 bridgehead atoms. The highest BCUT2D eigenvalue weighted by molar-refractivity contribution is 6.08. The van der Waals surface area contributed by atoms with Crippen LogP contribution in [0.25, 0.3) is 0 Å². The minimum absolute atomic E-state index is 0.220. The molecule has 0 aromatic heterocycles. The number of rotatable bonds is 4. The highest BCUT2D eigenvalue weighted by Crippen LogP contribution is 2.19. The molecule has 2 rings (SSSR count). The van der Waals surface area contributed by atoms with E-state index in [9.17, 15) is 14.0 Å². The van der Waals surface area contributed by atoms with Crippen molar-refractivity contribution in [2.24, 2.45) is 0 Å². The van der Waals surface area contributed by atoms with Crippen molar-refractivity contribution in [2.75, 3.05) is 18.6 Å². The second kappa shape index (κ2) is 7.18. The van der Waals surface area contributed by atoms with Crippen molar-refractivity contribution in [3.63, 3.8) is 0 Å². The normalized spacial score (nSPS) is 9.78. The molecule has 5 nitrogen and oxygen atoms in total. The van der Waals surface area contributed by atoms with Gasteiger partial charge in [0.2, 0.25) is 0 Å². The summed E-state index contributed by atoms with van der Waals surface area (Å²) in [4.78, 5) is 25.3. The molecule has 0 saturated heterocycles. The van der Waals surface area contributed by atoms with Crippen molar-refractivity contribution in [3.8, 4) is 6.07 Å². The zero-order valence-corrected chi connectivity index (χ0v) is 12.3. The van der Waals surface area contributed by atoms with Gasteiger partial charge in [0.1, 0.15) is 12.4 Å². The van der Waals surface area contributed by atoms with E-state index in [0.717, 1.165) is 11.0 Å². The van der Waals surface area contributed by atoms with E-state index in [4.69, 9.17) is 5.26 Å². The topological polar surface area (TPSA) is 70.4 Å². The lowest BCUT2D eigenvalue weighted by Gasteiger charge is -2.21. The highest BCUT2D eigenvalue weighted by atomic mass is 19.1. The predicted molar refractivity (Wildman–Crippen MR) is 81.2 cm³/mol. The summed E-state index contributed by atoms with van der Waals surface area (Å²) in [6.07, 6.45) is 0. The Morgan fingerprint density at radius 1 is 1.22 bits per heavy atom. The van der Waals surface area contributed by atoms with Gasteiger partial charge in [0.25, 0.3) is 5.91 Å². The summed E-state index contributed by atoms with van der Waals surface area (Å²) < 4.78 is 18.0. The van der Waals surface area contributed by atoms with Gasteiger partial charge in [-0.05, 0) is 36.4 Å². The fourth-order valence-corrected chi connectivity index (χ4v) is 2.00. The average molecular weight is 312 g/mol. The van der Waals surface area contributed by atoms with Gasteiger partial charge in [0.15, 0.2) is 0 Å². The van der Waals surface area contributed by atoms with Gasteiger partial charge in [-0.3, -0.25) is 14.5 Å². The number of esters is 1. The molecule has 23 heavy (non-hydrogen) atoms. The number of hydrogen-bond acceptors (Lipinski definition) is 4. The number of methoxy groups -OCH3 is 1. The Balaban J connectivity index is 2.42. The van der Waals surface area contributed by atoms with Crippen LogP contribution < -0.4 is 4.90 Å². The molecule has 116 valence electrons. The standard InChI is InChI=1S/C17H13FN2O3/c1-23-16(21)11-20(15-7-3-6-14(18)9-15)17(22)13-5-2-4-12(8-13)10-19/h2-9H,11H2,1H3. The second-order valence-electron chi connectivity index (χ2n) is 4.64.